The summed E-state index contributed by atoms with van der Waals surface area (Å²) in [5.74, 6) is 2.41. The second-order valence-electron chi connectivity index (χ2n) is 5.25. The molecule has 0 atom stereocenters. The second-order valence-corrected chi connectivity index (χ2v) is 5.25. The summed E-state index contributed by atoms with van der Waals surface area (Å²) in [6, 6.07) is 15.8. The standard InChI is InChI=1S/C19H18NO4/c1-13-16(20-19(24-13)15-6-4-3-5-7-15)12-23-17-9-8-14(11-21)10-18(17)22-2/h3-4,6-10,21H,11-12H2,1-2H3. The van der Waals surface area contributed by atoms with Crippen LogP contribution in [0.1, 0.15) is 17.0 Å². The molecule has 5 heteroatoms. The van der Waals surface area contributed by atoms with E-state index in [1.54, 1.807) is 25.3 Å². The maximum Gasteiger partial charge on any atom is 0.226 e. The van der Waals surface area contributed by atoms with Crippen LogP contribution in [0.25, 0.3) is 11.5 Å². The largest absolute Gasteiger partial charge is 0.493 e. The Balaban J connectivity index is 1.77. The molecular formula is C19H18NO4. The Morgan fingerprint density at radius 3 is 2.83 bits per heavy atom. The highest BCUT2D eigenvalue weighted by Gasteiger charge is 2.13. The lowest BCUT2D eigenvalue weighted by molar-refractivity contribution is 0.272. The number of aryl methyl sites for hydroxylation is 1. The lowest BCUT2D eigenvalue weighted by Gasteiger charge is -2.10. The molecular weight excluding hydrogens is 306 g/mol. The van der Waals surface area contributed by atoms with Crippen molar-refractivity contribution in [2.45, 2.75) is 20.1 Å². The normalized spacial score (nSPS) is 10.6. The highest BCUT2D eigenvalue weighted by atomic mass is 16.5. The lowest BCUT2D eigenvalue weighted by Crippen LogP contribution is -2.00. The van der Waals surface area contributed by atoms with E-state index in [2.05, 4.69) is 11.1 Å². The molecule has 0 aliphatic heterocycles. The number of rotatable bonds is 6. The first kappa shape index (κ1) is 16.1. The minimum atomic E-state index is -0.0452. The maximum absolute atomic E-state index is 9.18. The van der Waals surface area contributed by atoms with Gasteiger partial charge in [0.1, 0.15) is 18.1 Å². The van der Waals surface area contributed by atoms with E-state index in [-0.39, 0.29) is 13.2 Å². The Morgan fingerprint density at radius 1 is 1.25 bits per heavy atom. The number of benzene rings is 2. The van der Waals surface area contributed by atoms with Crippen LogP contribution in [0.4, 0.5) is 0 Å². The molecule has 0 aliphatic rings. The molecule has 0 saturated carbocycles. The fourth-order valence-corrected chi connectivity index (χ4v) is 2.29. The Labute approximate surface area is 140 Å². The zero-order valence-corrected chi connectivity index (χ0v) is 13.6. The molecule has 0 unspecified atom stereocenters. The first-order valence-electron chi connectivity index (χ1n) is 7.54. The molecule has 2 aromatic carbocycles. The molecule has 1 radical (unpaired) electrons. The van der Waals surface area contributed by atoms with Crippen LogP contribution in [0.2, 0.25) is 0 Å². The highest BCUT2D eigenvalue weighted by molar-refractivity contribution is 5.53. The van der Waals surface area contributed by atoms with Gasteiger partial charge in [-0.3, -0.25) is 0 Å². The van der Waals surface area contributed by atoms with E-state index in [4.69, 9.17) is 13.9 Å². The van der Waals surface area contributed by atoms with E-state index in [9.17, 15) is 5.11 Å². The number of aromatic nitrogens is 1. The average molecular weight is 324 g/mol. The smallest absolute Gasteiger partial charge is 0.226 e. The molecule has 0 spiro atoms. The quantitative estimate of drug-likeness (QED) is 0.751. The molecule has 1 heterocycles. The van der Waals surface area contributed by atoms with Gasteiger partial charge in [0.05, 0.1) is 13.7 Å². The van der Waals surface area contributed by atoms with Gasteiger partial charge >= 0.3 is 0 Å². The number of aliphatic hydroxyl groups is 1. The molecule has 0 fully saturated rings. The summed E-state index contributed by atoms with van der Waals surface area (Å²) >= 11 is 0. The number of aliphatic hydroxyl groups excluding tert-OH is 1. The molecule has 3 aromatic rings. The van der Waals surface area contributed by atoms with E-state index in [1.165, 1.54) is 0 Å². The van der Waals surface area contributed by atoms with Crippen LogP contribution >= 0.6 is 0 Å². The third-order valence-electron chi connectivity index (χ3n) is 3.62. The van der Waals surface area contributed by atoms with Crippen molar-refractivity contribution in [3.8, 4) is 23.0 Å². The number of hydrogen-bond donors (Lipinski definition) is 1. The van der Waals surface area contributed by atoms with Crippen LogP contribution in [0.3, 0.4) is 0 Å². The molecule has 1 N–H and O–H groups in total. The third kappa shape index (κ3) is 3.41. The summed E-state index contributed by atoms with van der Waals surface area (Å²) in [5, 5.41) is 9.18. The van der Waals surface area contributed by atoms with E-state index < -0.39 is 0 Å². The monoisotopic (exact) mass is 324 g/mol. The van der Waals surface area contributed by atoms with Gasteiger partial charge in [0, 0.05) is 5.56 Å². The minimum Gasteiger partial charge on any atom is -0.493 e. The fourth-order valence-electron chi connectivity index (χ4n) is 2.29. The number of nitrogens with zero attached hydrogens (tertiary/aromatic N) is 1. The van der Waals surface area contributed by atoms with Gasteiger partial charge in [-0.25, -0.2) is 4.98 Å². The molecule has 0 amide bonds. The van der Waals surface area contributed by atoms with E-state index in [1.807, 2.05) is 31.2 Å². The van der Waals surface area contributed by atoms with Crippen molar-refractivity contribution in [2.75, 3.05) is 7.11 Å². The van der Waals surface area contributed by atoms with E-state index in [0.717, 1.165) is 16.8 Å². The van der Waals surface area contributed by atoms with Gasteiger partial charge < -0.3 is 19.0 Å². The lowest BCUT2D eigenvalue weighted by atomic mass is 10.2. The van der Waals surface area contributed by atoms with Gasteiger partial charge in [-0.2, -0.15) is 0 Å². The van der Waals surface area contributed by atoms with Gasteiger partial charge in [-0.1, -0.05) is 18.2 Å². The van der Waals surface area contributed by atoms with Crippen molar-refractivity contribution in [3.63, 3.8) is 0 Å². The second kappa shape index (κ2) is 7.19. The molecule has 1 aromatic heterocycles. The topological polar surface area (TPSA) is 64.7 Å². The van der Waals surface area contributed by atoms with Crippen LogP contribution in [0.5, 0.6) is 11.5 Å². The fraction of sp³-hybridized carbons (Fsp3) is 0.211. The summed E-state index contributed by atoms with van der Waals surface area (Å²) in [6.07, 6.45) is 0. The van der Waals surface area contributed by atoms with Crippen LogP contribution in [-0.2, 0) is 13.2 Å². The van der Waals surface area contributed by atoms with Crippen molar-refractivity contribution in [1.82, 2.24) is 4.98 Å². The van der Waals surface area contributed by atoms with Crippen molar-refractivity contribution in [1.29, 1.82) is 0 Å². The van der Waals surface area contributed by atoms with Crippen molar-refractivity contribution >= 4 is 0 Å². The van der Waals surface area contributed by atoms with Crippen molar-refractivity contribution < 1.29 is 19.0 Å². The summed E-state index contributed by atoms with van der Waals surface area (Å²) < 4.78 is 16.8. The number of hydrogen-bond acceptors (Lipinski definition) is 5. The summed E-state index contributed by atoms with van der Waals surface area (Å²) in [4.78, 5) is 4.49. The highest BCUT2D eigenvalue weighted by Crippen LogP contribution is 2.29. The van der Waals surface area contributed by atoms with Crippen LogP contribution in [0.15, 0.2) is 46.9 Å². The maximum atomic E-state index is 9.18. The van der Waals surface area contributed by atoms with Crippen LogP contribution in [0, 0.1) is 13.0 Å². The Bertz CT molecular complexity index is 811. The Morgan fingerprint density at radius 2 is 2.12 bits per heavy atom. The number of methoxy groups -OCH3 is 1. The average Bonchev–Trinajstić information content (AvgIpc) is 3.01. The van der Waals surface area contributed by atoms with Crippen molar-refractivity contribution in [3.05, 3.63) is 65.5 Å². The Hall–Kier alpha value is -2.79. The van der Waals surface area contributed by atoms with Gasteiger partial charge in [-0.15, -0.1) is 0 Å². The molecule has 5 nitrogen and oxygen atoms in total. The zero-order chi connectivity index (χ0) is 16.9. The number of ether oxygens (including phenoxy) is 2. The van der Waals surface area contributed by atoms with Gasteiger partial charge in [-0.05, 0) is 42.8 Å². The molecule has 123 valence electrons. The zero-order valence-electron chi connectivity index (χ0n) is 13.6. The Kier molecular flexibility index (Phi) is 4.82. The first-order chi connectivity index (χ1) is 11.7. The molecule has 24 heavy (non-hydrogen) atoms. The van der Waals surface area contributed by atoms with Crippen molar-refractivity contribution in [2.24, 2.45) is 0 Å². The molecule has 0 saturated heterocycles. The molecule has 0 bridgehead atoms. The summed E-state index contributed by atoms with van der Waals surface area (Å²) in [6.45, 7) is 2.07. The predicted molar refractivity (Wildman–Crippen MR) is 88.8 cm³/mol. The van der Waals surface area contributed by atoms with Crippen LogP contribution < -0.4 is 9.47 Å². The first-order valence-corrected chi connectivity index (χ1v) is 7.54. The van der Waals surface area contributed by atoms with Crippen LogP contribution in [-0.4, -0.2) is 17.2 Å². The summed E-state index contributed by atoms with van der Waals surface area (Å²) in [7, 11) is 1.56. The van der Waals surface area contributed by atoms with Gasteiger partial charge in [0.2, 0.25) is 5.89 Å². The van der Waals surface area contributed by atoms with E-state index in [0.29, 0.717) is 23.1 Å². The molecule has 0 aliphatic carbocycles. The minimum absolute atomic E-state index is 0.0452. The molecule has 3 rings (SSSR count). The van der Waals surface area contributed by atoms with Gasteiger partial charge in [0.15, 0.2) is 11.5 Å². The predicted octanol–water partition coefficient (Wildman–Crippen LogP) is 3.53. The van der Waals surface area contributed by atoms with Gasteiger partial charge in [0.25, 0.3) is 0 Å². The summed E-state index contributed by atoms with van der Waals surface area (Å²) in [5.41, 5.74) is 2.36. The number of oxazole rings is 1. The third-order valence-corrected chi connectivity index (χ3v) is 3.62. The SMILES string of the molecule is COc1cc(CO)ccc1OCc1nc(-c2c[c]ccc2)oc1C. The van der Waals surface area contributed by atoms with E-state index >= 15 is 0 Å².